The molecule has 0 aliphatic heterocycles. The van der Waals surface area contributed by atoms with Gasteiger partial charge in [0.05, 0.1) is 23.9 Å². The van der Waals surface area contributed by atoms with Gasteiger partial charge >= 0.3 is 0 Å². The molecule has 2 aromatic carbocycles. The molecule has 1 aromatic heterocycles. The summed E-state index contributed by atoms with van der Waals surface area (Å²) in [4.78, 5) is 6.95. The van der Waals surface area contributed by atoms with Gasteiger partial charge in [0.15, 0.2) is 0 Å². The quantitative estimate of drug-likeness (QED) is 0.355. The molecule has 0 bridgehead atoms. The summed E-state index contributed by atoms with van der Waals surface area (Å²) in [6, 6.07) is 10.6. The molecule has 4 rings (SSSR count). The second kappa shape index (κ2) is 9.49. The third-order valence-electron chi connectivity index (χ3n) is 6.04. The molecule has 1 saturated carbocycles. The minimum atomic E-state index is -0.245. The summed E-state index contributed by atoms with van der Waals surface area (Å²) in [6.45, 7) is 6.89. The molecule has 0 radical (unpaired) electrons. The summed E-state index contributed by atoms with van der Waals surface area (Å²) in [5.41, 5.74) is 2.83. The molecule has 3 aromatic rings. The Balaban J connectivity index is 1.88. The van der Waals surface area contributed by atoms with Crippen LogP contribution in [0.1, 0.15) is 55.6 Å². The fourth-order valence-corrected chi connectivity index (χ4v) is 4.39. The number of ether oxygens (including phenoxy) is 1. The van der Waals surface area contributed by atoms with Crippen molar-refractivity contribution < 1.29 is 9.13 Å². The first-order valence-corrected chi connectivity index (χ1v) is 11.6. The topological polar surface area (TPSA) is 43.2 Å². The maximum atomic E-state index is 13.7. The van der Waals surface area contributed by atoms with Crippen LogP contribution < -0.4 is 9.64 Å². The van der Waals surface area contributed by atoms with Crippen molar-refractivity contribution in [2.24, 2.45) is 5.92 Å². The van der Waals surface area contributed by atoms with Gasteiger partial charge in [-0.2, -0.15) is 4.98 Å². The van der Waals surface area contributed by atoms with Gasteiger partial charge in [0.25, 0.3) is 0 Å². The van der Waals surface area contributed by atoms with Crippen LogP contribution in [-0.4, -0.2) is 21.9 Å². The summed E-state index contributed by atoms with van der Waals surface area (Å²) in [5.74, 6) is 2.59. The summed E-state index contributed by atoms with van der Waals surface area (Å²) in [6.07, 6.45) is 4.30. The molecule has 0 unspecified atom stereocenters. The Morgan fingerprint density at radius 2 is 1.94 bits per heavy atom. The van der Waals surface area contributed by atoms with Crippen LogP contribution in [0, 0.1) is 25.6 Å². The highest BCUT2D eigenvalue weighted by Gasteiger charge is 2.34. The summed E-state index contributed by atoms with van der Waals surface area (Å²) < 4.78 is 21.1. The molecule has 1 aliphatic rings. The van der Waals surface area contributed by atoms with Crippen molar-refractivity contribution in [1.29, 1.82) is 0 Å². The van der Waals surface area contributed by atoms with E-state index in [2.05, 4.69) is 11.8 Å². The number of nitrogens with zero attached hydrogens (tertiary/aromatic N) is 4. The van der Waals surface area contributed by atoms with Gasteiger partial charge in [-0.1, -0.05) is 43.5 Å². The van der Waals surface area contributed by atoms with E-state index in [-0.39, 0.29) is 11.9 Å². The molecule has 5 nitrogen and oxygen atoms in total. The van der Waals surface area contributed by atoms with Gasteiger partial charge in [0, 0.05) is 12.6 Å². The highest BCUT2D eigenvalue weighted by molar-refractivity contribution is 6.33. The zero-order valence-corrected chi connectivity index (χ0v) is 19.9. The van der Waals surface area contributed by atoms with E-state index in [1.807, 2.05) is 42.8 Å². The first-order valence-electron chi connectivity index (χ1n) is 11.2. The van der Waals surface area contributed by atoms with E-state index >= 15 is 0 Å². The van der Waals surface area contributed by atoms with Gasteiger partial charge in [-0.15, -0.1) is 5.10 Å². The van der Waals surface area contributed by atoms with Gasteiger partial charge < -0.3 is 9.64 Å². The number of rotatable bonds is 9. The molecule has 0 amide bonds. The third kappa shape index (κ3) is 4.75. The van der Waals surface area contributed by atoms with Crippen LogP contribution in [0.15, 0.2) is 36.4 Å². The van der Waals surface area contributed by atoms with Gasteiger partial charge in [0.1, 0.15) is 17.4 Å². The van der Waals surface area contributed by atoms with E-state index in [4.69, 9.17) is 26.4 Å². The fraction of sp³-hybridized carbons (Fsp3) is 0.440. The molecule has 1 atom stereocenters. The second-order valence-corrected chi connectivity index (χ2v) is 8.98. The average molecular weight is 457 g/mol. The normalized spacial score (nSPS) is 14.4. The molecule has 7 heteroatoms. The molecule has 1 fully saturated rings. The van der Waals surface area contributed by atoms with Gasteiger partial charge in [-0.25, -0.2) is 9.07 Å². The lowest BCUT2D eigenvalue weighted by molar-refractivity contribution is 0.411. The lowest BCUT2D eigenvalue weighted by Gasteiger charge is -2.33. The molecular formula is C25H30ClFN4O. The molecule has 32 heavy (non-hydrogen) atoms. The maximum absolute atomic E-state index is 13.7. The van der Waals surface area contributed by atoms with Crippen LogP contribution in [0.5, 0.6) is 5.75 Å². The summed E-state index contributed by atoms with van der Waals surface area (Å²) >= 11 is 6.80. The Morgan fingerprint density at radius 1 is 1.22 bits per heavy atom. The predicted molar refractivity (Wildman–Crippen MR) is 126 cm³/mol. The fourth-order valence-electron chi connectivity index (χ4n) is 4.14. The number of halogens is 2. The maximum Gasteiger partial charge on any atom is 0.250 e. The third-order valence-corrected chi connectivity index (χ3v) is 6.34. The zero-order chi connectivity index (χ0) is 22.8. The first kappa shape index (κ1) is 22.6. The zero-order valence-electron chi connectivity index (χ0n) is 19.1. The van der Waals surface area contributed by atoms with E-state index < -0.39 is 0 Å². The molecular weight excluding hydrogens is 427 g/mol. The van der Waals surface area contributed by atoms with Gasteiger partial charge in [-0.05, 0) is 61.9 Å². The minimum Gasteiger partial charge on any atom is -0.496 e. The van der Waals surface area contributed by atoms with Crippen LogP contribution in [0.25, 0.3) is 0 Å². The Hall–Kier alpha value is -2.60. The average Bonchev–Trinajstić information content (AvgIpc) is 3.52. The number of anilines is 2. The van der Waals surface area contributed by atoms with Crippen molar-refractivity contribution in [3.05, 3.63) is 64.2 Å². The van der Waals surface area contributed by atoms with Crippen LogP contribution in [0.3, 0.4) is 0 Å². The van der Waals surface area contributed by atoms with Crippen LogP contribution >= 0.6 is 11.6 Å². The number of hydrogen-bond acceptors (Lipinski definition) is 4. The van der Waals surface area contributed by atoms with Crippen molar-refractivity contribution in [1.82, 2.24) is 14.8 Å². The Morgan fingerprint density at radius 3 is 2.56 bits per heavy atom. The van der Waals surface area contributed by atoms with E-state index in [1.54, 1.807) is 7.11 Å². The van der Waals surface area contributed by atoms with Crippen molar-refractivity contribution >= 4 is 23.2 Å². The monoisotopic (exact) mass is 456 g/mol. The Labute approximate surface area is 194 Å². The van der Waals surface area contributed by atoms with E-state index in [1.165, 1.54) is 25.0 Å². The van der Waals surface area contributed by atoms with Crippen molar-refractivity contribution in [3.8, 4) is 5.75 Å². The lowest BCUT2D eigenvalue weighted by Crippen LogP contribution is -2.26. The first-order chi connectivity index (χ1) is 15.4. The predicted octanol–water partition coefficient (Wildman–Crippen LogP) is 6.79. The molecule has 170 valence electrons. The van der Waals surface area contributed by atoms with Crippen LogP contribution in [0.2, 0.25) is 5.02 Å². The standard InChI is InChI=1S/C25H30ClFN4O/c1-5-12-30-17(3)28-25(29-30)31(23-13-16(2)24(32-4)15-21(23)26)22(14-18-6-7-18)19-8-10-20(27)11-9-19/h8-11,13,15,18,22H,5-7,12,14H2,1-4H3/t22-/m0/s1. The summed E-state index contributed by atoms with van der Waals surface area (Å²) in [7, 11) is 1.64. The number of aromatic nitrogens is 3. The van der Waals surface area contributed by atoms with Gasteiger partial charge in [-0.3, -0.25) is 0 Å². The lowest BCUT2D eigenvalue weighted by atomic mass is 9.98. The molecule has 1 aliphatic carbocycles. The molecule has 0 N–H and O–H groups in total. The largest absolute Gasteiger partial charge is 0.496 e. The van der Waals surface area contributed by atoms with E-state index in [9.17, 15) is 4.39 Å². The van der Waals surface area contributed by atoms with Crippen molar-refractivity contribution in [2.45, 2.75) is 59.0 Å². The second-order valence-electron chi connectivity index (χ2n) is 8.57. The number of aryl methyl sites for hydroxylation is 3. The Kier molecular flexibility index (Phi) is 6.70. The van der Waals surface area contributed by atoms with E-state index in [0.29, 0.717) is 16.9 Å². The molecule has 0 spiro atoms. The summed E-state index contributed by atoms with van der Waals surface area (Å²) in [5, 5.41) is 5.42. The highest BCUT2D eigenvalue weighted by Crippen LogP contribution is 2.46. The molecule has 0 saturated heterocycles. The highest BCUT2D eigenvalue weighted by atomic mass is 35.5. The number of methoxy groups -OCH3 is 1. The van der Waals surface area contributed by atoms with E-state index in [0.717, 1.165) is 47.8 Å². The SMILES string of the molecule is CCCn1nc(N(c2cc(C)c(OC)cc2Cl)[C@@H](CC2CC2)c2ccc(F)cc2)nc1C. The smallest absolute Gasteiger partial charge is 0.250 e. The van der Waals surface area contributed by atoms with Crippen molar-refractivity contribution in [2.75, 3.05) is 12.0 Å². The van der Waals surface area contributed by atoms with Crippen LogP contribution in [0.4, 0.5) is 16.0 Å². The Bertz CT molecular complexity index is 1080. The van der Waals surface area contributed by atoms with Crippen molar-refractivity contribution in [3.63, 3.8) is 0 Å². The number of benzene rings is 2. The molecule has 1 heterocycles. The van der Waals surface area contributed by atoms with Gasteiger partial charge in [0.2, 0.25) is 5.95 Å². The number of hydrogen-bond donors (Lipinski definition) is 0. The van der Waals surface area contributed by atoms with Crippen LogP contribution in [-0.2, 0) is 6.54 Å². The minimum absolute atomic E-state index is 0.0646.